The van der Waals surface area contributed by atoms with E-state index in [0.29, 0.717) is 24.3 Å². The molecule has 1 heterocycles. The number of anilines is 1. The fourth-order valence-corrected chi connectivity index (χ4v) is 1.65. The first-order valence-electron chi connectivity index (χ1n) is 6.10. The van der Waals surface area contributed by atoms with Crippen molar-refractivity contribution in [1.82, 2.24) is 4.98 Å². The summed E-state index contributed by atoms with van der Waals surface area (Å²) in [6, 6.07) is 10.8. The number of nitrogen functional groups attached to an aromatic ring is 1. The Kier molecular flexibility index (Phi) is 4.13. The summed E-state index contributed by atoms with van der Waals surface area (Å²) in [5.74, 6) is -0.359. The van der Waals surface area contributed by atoms with E-state index in [4.69, 9.17) is 10.5 Å². The first-order chi connectivity index (χ1) is 9.16. The van der Waals surface area contributed by atoms with Gasteiger partial charge >= 0.3 is 5.97 Å². The maximum absolute atomic E-state index is 11.8. The fourth-order valence-electron chi connectivity index (χ4n) is 1.65. The van der Waals surface area contributed by atoms with Crippen LogP contribution in [0.5, 0.6) is 0 Å². The summed E-state index contributed by atoms with van der Waals surface area (Å²) in [6.45, 7) is 2.20. The molecule has 2 N–H and O–H groups in total. The number of benzene rings is 1. The number of ether oxygens (including phenoxy) is 1. The first-order valence-corrected chi connectivity index (χ1v) is 6.10. The van der Waals surface area contributed by atoms with Gasteiger partial charge in [0.25, 0.3) is 0 Å². The molecule has 0 aliphatic heterocycles. The van der Waals surface area contributed by atoms with E-state index in [9.17, 15) is 4.79 Å². The van der Waals surface area contributed by atoms with Crippen LogP contribution in [-0.2, 0) is 11.2 Å². The number of carbonyl (C=O) groups is 1. The van der Waals surface area contributed by atoms with Crippen molar-refractivity contribution < 1.29 is 9.53 Å². The average molecular weight is 256 g/mol. The molecule has 0 amide bonds. The number of carbonyl (C=O) groups excluding carboxylic acids is 1. The highest BCUT2D eigenvalue weighted by Crippen LogP contribution is 2.13. The van der Waals surface area contributed by atoms with E-state index in [1.54, 1.807) is 18.3 Å². The normalized spacial score (nSPS) is 10.2. The van der Waals surface area contributed by atoms with Gasteiger partial charge < -0.3 is 10.5 Å². The molecule has 4 nitrogen and oxygen atoms in total. The fraction of sp³-hybridized carbons (Fsp3) is 0.200. The Balaban J connectivity index is 1.89. The van der Waals surface area contributed by atoms with E-state index in [1.165, 1.54) is 0 Å². The molecule has 0 saturated heterocycles. The van der Waals surface area contributed by atoms with Crippen molar-refractivity contribution in [2.75, 3.05) is 12.3 Å². The maximum Gasteiger partial charge on any atom is 0.338 e. The molecule has 2 rings (SSSR count). The second kappa shape index (κ2) is 6.00. The van der Waals surface area contributed by atoms with Crippen molar-refractivity contribution in [1.29, 1.82) is 0 Å². The maximum atomic E-state index is 11.8. The number of aryl methyl sites for hydroxylation is 1. The Morgan fingerprint density at radius 1 is 1.32 bits per heavy atom. The lowest BCUT2D eigenvalue weighted by molar-refractivity contribution is 0.0508. The minimum absolute atomic E-state index is 0.309. The van der Waals surface area contributed by atoms with Crippen LogP contribution in [0.1, 0.15) is 21.6 Å². The molecular weight excluding hydrogens is 240 g/mol. The highest BCUT2D eigenvalue weighted by Gasteiger charge is 2.08. The van der Waals surface area contributed by atoms with Gasteiger partial charge in [-0.05, 0) is 36.8 Å². The van der Waals surface area contributed by atoms with Crippen LogP contribution in [0, 0.1) is 6.92 Å². The van der Waals surface area contributed by atoms with Crippen LogP contribution in [0.3, 0.4) is 0 Å². The van der Waals surface area contributed by atoms with Gasteiger partial charge in [-0.2, -0.15) is 0 Å². The third-order valence-corrected chi connectivity index (χ3v) is 2.83. The molecule has 4 heteroatoms. The van der Waals surface area contributed by atoms with Gasteiger partial charge in [-0.3, -0.25) is 4.98 Å². The van der Waals surface area contributed by atoms with Crippen molar-refractivity contribution in [3.8, 4) is 0 Å². The molecular formula is C15H16N2O2. The first kappa shape index (κ1) is 13.1. The summed E-state index contributed by atoms with van der Waals surface area (Å²) in [5.41, 5.74) is 8.68. The average Bonchev–Trinajstić information content (AvgIpc) is 2.43. The Morgan fingerprint density at radius 2 is 2.16 bits per heavy atom. The SMILES string of the molecule is Cc1ccc(C(=O)OCCc2ccccn2)cc1N. The zero-order valence-corrected chi connectivity index (χ0v) is 10.8. The van der Waals surface area contributed by atoms with Crippen LogP contribution in [0.25, 0.3) is 0 Å². The van der Waals surface area contributed by atoms with Crippen molar-refractivity contribution in [2.45, 2.75) is 13.3 Å². The summed E-state index contributed by atoms with van der Waals surface area (Å²) >= 11 is 0. The molecule has 0 spiro atoms. The lowest BCUT2D eigenvalue weighted by atomic mass is 10.1. The molecule has 0 saturated carbocycles. The number of rotatable bonds is 4. The molecule has 1 aromatic carbocycles. The third-order valence-electron chi connectivity index (χ3n) is 2.83. The van der Waals surface area contributed by atoms with E-state index in [1.807, 2.05) is 31.2 Å². The number of nitrogens with two attached hydrogens (primary N) is 1. The van der Waals surface area contributed by atoms with Crippen LogP contribution in [-0.4, -0.2) is 17.6 Å². The highest BCUT2D eigenvalue weighted by atomic mass is 16.5. The topological polar surface area (TPSA) is 65.2 Å². The van der Waals surface area contributed by atoms with Gasteiger partial charge in [0.2, 0.25) is 0 Å². The van der Waals surface area contributed by atoms with E-state index < -0.39 is 0 Å². The van der Waals surface area contributed by atoms with Gasteiger partial charge in [0.05, 0.1) is 12.2 Å². The smallest absolute Gasteiger partial charge is 0.338 e. The van der Waals surface area contributed by atoms with E-state index in [2.05, 4.69) is 4.98 Å². The lowest BCUT2D eigenvalue weighted by Gasteiger charge is -2.06. The van der Waals surface area contributed by atoms with Crippen molar-refractivity contribution in [2.24, 2.45) is 0 Å². The third kappa shape index (κ3) is 3.55. The predicted octanol–water partition coefficient (Wildman–Crippen LogP) is 2.37. The van der Waals surface area contributed by atoms with Gasteiger partial charge in [0.1, 0.15) is 0 Å². The molecule has 0 aliphatic carbocycles. The van der Waals surface area contributed by atoms with Crippen LogP contribution >= 0.6 is 0 Å². The Hall–Kier alpha value is -2.36. The molecule has 98 valence electrons. The number of esters is 1. The second-order valence-electron chi connectivity index (χ2n) is 4.28. The molecule has 0 radical (unpaired) electrons. The van der Waals surface area contributed by atoms with Crippen LogP contribution < -0.4 is 5.73 Å². The number of hydrogen-bond acceptors (Lipinski definition) is 4. The Morgan fingerprint density at radius 3 is 2.84 bits per heavy atom. The summed E-state index contributed by atoms with van der Waals surface area (Å²) < 4.78 is 5.19. The van der Waals surface area contributed by atoms with Gasteiger partial charge in [-0.25, -0.2) is 4.79 Å². The molecule has 2 aromatic rings. The number of aromatic nitrogens is 1. The van der Waals surface area contributed by atoms with Gasteiger partial charge in [-0.1, -0.05) is 12.1 Å². The monoisotopic (exact) mass is 256 g/mol. The summed E-state index contributed by atoms with van der Waals surface area (Å²) in [4.78, 5) is 16.0. The van der Waals surface area contributed by atoms with Crippen molar-refractivity contribution >= 4 is 11.7 Å². The number of pyridine rings is 1. The number of nitrogens with zero attached hydrogens (tertiary/aromatic N) is 1. The molecule has 1 aromatic heterocycles. The minimum Gasteiger partial charge on any atom is -0.462 e. The molecule has 19 heavy (non-hydrogen) atoms. The van der Waals surface area contributed by atoms with E-state index in [0.717, 1.165) is 11.3 Å². The van der Waals surface area contributed by atoms with Gasteiger partial charge in [0, 0.05) is 24.0 Å². The highest BCUT2D eigenvalue weighted by molar-refractivity contribution is 5.90. The minimum atomic E-state index is -0.359. The van der Waals surface area contributed by atoms with Crippen LogP contribution in [0.2, 0.25) is 0 Å². The number of hydrogen-bond donors (Lipinski definition) is 1. The van der Waals surface area contributed by atoms with Crippen molar-refractivity contribution in [3.05, 3.63) is 59.4 Å². The lowest BCUT2D eigenvalue weighted by Crippen LogP contribution is -2.09. The Bertz CT molecular complexity index is 568. The zero-order chi connectivity index (χ0) is 13.7. The summed E-state index contributed by atoms with van der Waals surface area (Å²) in [7, 11) is 0. The van der Waals surface area contributed by atoms with E-state index in [-0.39, 0.29) is 5.97 Å². The standard InChI is InChI=1S/C15H16N2O2/c1-11-5-6-12(10-14(11)16)15(18)19-9-7-13-4-2-3-8-17-13/h2-6,8,10H,7,9,16H2,1H3. The second-order valence-corrected chi connectivity index (χ2v) is 4.28. The molecule has 0 fully saturated rings. The molecule has 0 atom stereocenters. The Labute approximate surface area is 112 Å². The predicted molar refractivity (Wildman–Crippen MR) is 73.8 cm³/mol. The van der Waals surface area contributed by atoms with Gasteiger partial charge in [0.15, 0.2) is 0 Å². The quantitative estimate of drug-likeness (QED) is 0.673. The van der Waals surface area contributed by atoms with Crippen molar-refractivity contribution in [3.63, 3.8) is 0 Å². The van der Waals surface area contributed by atoms with E-state index >= 15 is 0 Å². The summed E-state index contributed by atoms with van der Waals surface area (Å²) in [6.07, 6.45) is 2.33. The molecule has 0 bridgehead atoms. The van der Waals surface area contributed by atoms with Gasteiger partial charge in [-0.15, -0.1) is 0 Å². The largest absolute Gasteiger partial charge is 0.462 e. The molecule has 0 unspecified atom stereocenters. The van der Waals surface area contributed by atoms with Crippen LogP contribution in [0.4, 0.5) is 5.69 Å². The molecule has 0 aliphatic rings. The van der Waals surface area contributed by atoms with Crippen LogP contribution in [0.15, 0.2) is 42.6 Å². The zero-order valence-electron chi connectivity index (χ0n) is 10.8. The summed E-state index contributed by atoms with van der Waals surface area (Å²) in [5, 5.41) is 0.